The van der Waals surface area contributed by atoms with Crippen molar-refractivity contribution in [3.8, 4) is 17.0 Å². The molecule has 0 aliphatic carbocycles. The first-order valence-corrected chi connectivity index (χ1v) is 6.30. The summed E-state index contributed by atoms with van der Waals surface area (Å²) in [6, 6.07) is 5.76. The molecule has 0 saturated carbocycles. The van der Waals surface area contributed by atoms with E-state index in [-0.39, 0.29) is 11.1 Å². The van der Waals surface area contributed by atoms with Crippen LogP contribution in [0.25, 0.3) is 11.3 Å². The molecule has 20 heavy (non-hydrogen) atoms. The third-order valence-corrected chi connectivity index (χ3v) is 3.17. The summed E-state index contributed by atoms with van der Waals surface area (Å²) in [6.45, 7) is 6.30. The first-order valence-electron chi connectivity index (χ1n) is 6.30. The highest BCUT2D eigenvalue weighted by Gasteiger charge is 2.21. The zero-order valence-corrected chi connectivity index (χ0v) is 12.0. The smallest absolute Gasteiger partial charge is 0.354 e. The lowest BCUT2D eigenvalue weighted by atomic mass is 9.85. The number of aromatic carboxylic acids is 1. The lowest BCUT2D eigenvalue weighted by Crippen LogP contribution is -2.11. The van der Waals surface area contributed by atoms with Gasteiger partial charge in [0.15, 0.2) is 5.69 Å². The van der Waals surface area contributed by atoms with E-state index in [0.717, 1.165) is 5.56 Å². The van der Waals surface area contributed by atoms with Crippen LogP contribution in [0.2, 0.25) is 0 Å². The van der Waals surface area contributed by atoms with Gasteiger partial charge in [0.2, 0.25) is 0 Å². The summed E-state index contributed by atoms with van der Waals surface area (Å²) in [6.07, 6.45) is 1.38. The maximum atomic E-state index is 11.2. The van der Waals surface area contributed by atoms with E-state index in [2.05, 4.69) is 30.7 Å². The number of imidazole rings is 1. The average molecular weight is 274 g/mol. The fourth-order valence-corrected chi connectivity index (χ4v) is 2.02. The molecule has 0 aliphatic rings. The minimum absolute atomic E-state index is 0.0410. The molecular formula is C15H18N2O3. The van der Waals surface area contributed by atoms with E-state index >= 15 is 0 Å². The molecule has 2 rings (SSSR count). The monoisotopic (exact) mass is 274 g/mol. The van der Waals surface area contributed by atoms with E-state index < -0.39 is 5.97 Å². The maximum Gasteiger partial charge on any atom is 0.354 e. The number of carboxylic acid groups (broad SMARTS) is 1. The number of aromatic nitrogens is 2. The number of benzene rings is 1. The molecule has 5 heteroatoms. The molecule has 1 aromatic heterocycles. The van der Waals surface area contributed by atoms with Crippen LogP contribution in [-0.4, -0.2) is 28.2 Å². The number of H-pyrrole nitrogens is 1. The minimum Gasteiger partial charge on any atom is -0.496 e. The molecule has 0 aliphatic heterocycles. The molecular weight excluding hydrogens is 256 g/mol. The molecule has 106 valence electrons. The van der Waals surface area contributed by atoms with Gasteiger partial charge in [-0.1, -0.05) is 26.8 Å². The third kappa shape index (κ3) is 2.52. The Kier molecular flexibility index (Phi) is 3.53. The van der Waals surface area contributed by atoms with Gasteiger partial charge in [0.05, 0.1) is 13.4 Å². The van der Waals surface area contributed by atoms with Gasteiger partial charge >= 0.3 is 5.97 Å². The number of carbonyl (C=O) groups is 1. The molecule has 0 fully saturated rings. The van der Waals surface area contributed by atoms with Gasteiger partial charge in [0.1, 0.15) is 11.4 Å². The second-order valence-electron chi connectivity index (χ2n) is 5.60. The molecule has 0 bridgehead atoms. The van der Waals surface area contributed by atoms with E-state index in [0.29, 0.717) is 17.0 Å². The second-order valence-corrected chi connectivity index (χ2v) is 5.60. The highest BCUT2D eigenvalue weighted by Crippen LogP contribution is 2.34. The van der Waals surface area contributed by atoms with Crippen LogP contribution in [0.3, 0.4) is 0 Å². The van der Waals surface area contributed by atoms with Gasteiger partial charge in [0.25, 0.3) is 0 Å². The largest absolute Gasteiger partial charge is 0.496 e. The van der Waals surface area contributed by atoms with E-state index in [1.54, 1.807) is 7.11 Å². The summed E-state index contributed by atoms with van der Waals surface area (Å²) in [5.41, 5.74) is 2.18. The van der Waals surface area contributed by atoms with Crippen LogP contribution in [-0.2, 0) is 5.41 Å². The quantitative estimate of drug-likeness (QED) is 0.901. The Hall–Kier alpha value is -2.30. The van der Waals surface area contributed by atoms with Crippen molar-refractivity contribution >= 4 is 5.97 Å². The van der Waals surface area contributed by atoms with Crippen LogP contribution < -0.4 is 4.74 Å². The molecule has 0 amide bonds. The van der Waals surface area contributed by atoms with Crippen LogP contribution >= 0.6 is 0 Å². The van der Waals surface area contributed by atoms with Crippen LogP contribution in [0.4, 0.5) is 0 Å². The molecule has 2 N–H and O–H groups in total. The topological polar surface area (TPSA) is 75.2 Å². The van der Waals surface area contributed by atoms with Crippen LogP contribution in [0, 0.1) is 0 Å². The molecule has 0 atom stereocenters. The number of ether oxygens (including phenoxy) is 1. The molecule has 5 nitrogen and oxygen atoms in total. The summed E-state index contributed by atoms with van der Waals surface area (Å²) < 4.78 is 5.32. The van der Waals surface area contributed by atoms with Crippen LogP contribution in [0.5, 0.6) is 5.75 Å². The molecule has 1 aromatic carbocycles. The molecule has 0 spiro atoms. The van der Waals surface area contributed by atoms with Crippen molar-refractivity contribution in [2.45, 2.75) is 26.2 Å². The Morgan fingerprint density at radius 1 is 1.35 bits per heavy atom. The van der Waals surface area contributed by atoms with Crippen LogP contribution in [0.15, 0.2) is 24.5 Å². The van der Waals surface area contributed by atoms with E-state index in [9.17, 15) is 9.90 Å². The molecule has 0 radical (unpaired) electrons. The average Bonchev–Trinajstić information content (AvgIpc) is 2.86. The van der Waals surface area contributed by atoms with Gasteiger partial charge in [-0.05, 0) is 23.1 Å². The van der Waals surface area contributed by atoms with Crippen molar-refractivity contribution in [2.24, 2.45) is 0 Å². The highest BCUT2D eigenvalue weighted by molar-refractivity contribution is 5.93. The lowest BCUT2D eigenvalue weighted by molar-refractivity contribution is 0.0692. The van der Waals surface area contributed by atoms with Gasteiger partial charge in [-0.25, -0.2) is 9.78 Å². The Balaban J connectivity index is 2.65. The molecule has 2 aromatic rings. The summed E-state index contributed by atoms with van der Waals surface area (Å²) in [5.74, 6) is -0.437. The fraction of sp³-hybridized carbons (Fsp3) is 0.333. The molecule has 0 saturated heterocycles. The number of hydrogen-bond donors (Lipinski definition) is 2. The zero-order chi connectivity index (χ0) is 14.9. The Labute approximate surface area is 117 Å². The number of aromatic amines is 1. The van der Waals surface area contributed by atoms with Crippen molar-refractivity contribution in [3.63, 3.8) is 0 Å². The van der Waals surface area contributed by atoms with E-state index in [4.69, 9.17) is 4.74 Å². The second kappa shape index (κ2) is 5.00. The Morgan fingerprint density at radius 3 is 2.60 bits per heavy atom. The summed E-state index contributed by atoms with van der Waals surface area (Å²) in [7, 11) is 1.56. The number of nitrogens with zero attached hydrogens (tertiary/aromatic N) is 1. The first kappa shape index (κ1) is 14.1. The summed E-state index contributed by atoms with van der Waals surface area (Å²) >= 11 is 0. The van der Waals surface area contributed by atoms with Gasteiger partial charge in [-0.2, -0.15) is 0 Å². The number of hydrogen-bond acceptors (Lipinski definition) is 3. The number of carboxylic acids is 1. The standard InChI is InChI=1S/C15H18N2O3/c1-15(2,3)9-5-6-11(20-4)10(7-9)12-13(14(18)19)17-8-16-12/h5-8H,1-4H3,(H,16,17)(H,18,19). The number of methoxy groups -OCH3 is 1. The maximum absolute atomic E-state index is 11.2. The predicted octanol–water partition coefficient (Wildman–Crippen LogP) is 3.08. The Morgan fingerprint density at radius 2 is 2.05 bits per heavy atom. The highest BCUT2D eigenvalue weighted by atomic mass is 16.5. The SMILES string of the molecule is COc1ccc(C(C)(C)C)cc1-c1nc[nH]c1C(=O)O. The van der Waals surface area contributed by atoms with Gasteiger partial charge < -0.3 is 14.8 Å². The summed E-state index contributed by atoms with van der Waals surface area (Å²) in [5, 5.41) is 9.20. The van der Waals surface area contributed by atoms with Crippen molar-refractivity contribution in [1.29, 1.82) is 0 Å². The van der Waals surface area contributed by atoms with Crippen molar-refractivity contribution < 1.29 is 14.6 Å². The van der Waals surface area contributed by atoms with Gasteiger partial charge in [-0.3, -0.25) is 0 Å². The van der Waals surface area contributed by atoms with Crippen LogP contribution in [0.1, 0.15) is 36.8 Å². The van der Waals surface area contributed by atoms with E-state index in [1.807, 2.05) is 18.2 Å². The van der Waals surface area contributed by atoms with E-state index in [1.165, 1.54) is 6.33 Å². The number of rotatable bonds is 3. The fourth-order valence-electron chi connectivity index (χ4n) is 2.02. The lowest BCUT2D eigenvalue weighted by Gasteiger charge is -2.20. The summed E-state index contributed by atoms with van der Waals surface area (Å²) in [4.78, 5) is 18.0. The third-order valence-electron chi connectivity index (χ3n) is 3.17. The normalized spacial score (nSPS) is 11.4. The Bertz CT molecular complexity index is 639. The van der Waals surface area contributed by atoms with Crippen molar-refractivity contribution in [1.82, 2.24) is 9.97 Å². The first-order chi connectivity index (χ1) is 9.34. The van der Waals surface area contributed by atoms with Crippen molar-refractivity contribution in [2.75, 3.05) is 7.11 Å². The molecule has 1 heterocycles. The number of nitrogens with one attached hydrogen (secondary N) is 1. The van der Waals surface area contributed by atoms with Gasteiger partial charge in [-0.15, -0.1) is 0 Å². The zero-order valence-electron chi connectivity index (χ0n) is 12.0. The van der Waals surface area contributed by atoms with Crippen molar-refractivity contribution in [3.05, 3.63) is 35.8 Å². The molecule has 0 unspecified atom stereocenters. The predicted molar refractivity (Wildman–Crippen MR) is 76.2 cm³/mol. The minimum atomic E-state index is -1.04. The van der Waals surface area contributed by atoms with Gasteiger partial charge in [0, 0.05) is 5.56 Å².